The van der Waals surface area contributed by atoms with Gasteiger partial charge in [-0.2, -0.15) is 0 Å². The molecule has 1 amide bonds. The number of carbonyl (C=O) groups excluding carboxylic acids is 2. The van der Waals surface area contributed by atoms with Gasteiger partial charge in [0.15, 0.2) is 11.5 Å². The van der Waals surface area contributed by atoms with Gasteiger partial charge in [-0.3, -0.25) is 9.59 Å². The van der Waals surface area contributed by atoms with Crippen LogP contribution in [-0.2, 0) is 16.1 Å². The highest BCUT2D eigenvalue weighted by Crippen LogP contribution is 2.50. The average molecular weight is 425 g/mol. The number of ether oxygens (including phenoxy) is 4. The van der Waals surface area contributed by atoms with Crippen molar-refractivity contribution in [3.63, 3.8) is 0 Å². The fourth-order valence-corrected chi connectivity index (χ4v) is 3.79. The van der Waals surface area contributed by atoms with E-state index in [1.165, 1.54) is 0 Å². The second-order valence-electron chi connectivity index (χ2n) is 7.94. The Morgan fingerprint density at radius 2 is 1.84 bits per heavy atom. The summed E-state index contributed by atoms with van der Waals surface area (Å²) >= 11 is 0. The third kappa shape index (κ3) is 3.92. The molecule has 0 radical (unpaired) electrons. The first-order valence-corrected chi connectivity index (χ1v) is 10.5. The molecular weight excluding hydrogens is 398 g/mol. The molecule has 1 aliphatic carbocycles. The first-order valence-electron chi connectivity index (χ1n) is 10.5. The number of benzene rings is 2. The van der Waals surface area contributed by atoms with Gasteiger partial charge in [0.1, 0.15) is 12.0 Å². The van der Waals surface area contributed by atoms with Crippen molar-refractivity contribution in [2.75, 3.05) is 27.4 Å². The lowest BCUT2D eigenvalue weighted by molar-refractivity contribution is -0.151. The molecule has 0 spiro atoms. The zero-order valence-corrected chi connectivity index (χ0v) is 18.1. The number of methoxy groups -OCH3 is 2. The Bertz CT molecular complexity index is 1010. The van der Waals surface area contributed by atoms with Crippen molar-refractivity contribution in [3.8, 4) is 28.4 Å². The monoisotopic (exact) mass is 425 g/mol. The van der Waals surface area contributed by atoms with Crippen LogP contribution in [0, 0.1) is 5.41 Å². The van der Waals surface area contributed by atoms with Crippen LogP contribution in [0.3, 0.4) is 0 Å². The zero-order valence-electron chi connectivity index (χ0n) is 18.1. The molecule has 0 aromatic heterocycles. The molecule has 164 valence electrons. The molecule has 1 fully saturated rings. The molecule has 0 bridgehead atoms. The average Bonchev–Trinajstić information content (AvgIpc) is 3.51. The second kappa shape index (κ2) is 8.49. The molecule has 7 nitrogen and oxygen atoms in total. The van der Waals surface area contributed by atoms with Crippen molar-refractivity contribution in [1.29, 1.82) is 0 Å². The van der Waals surface area contributed by atoms with Gasteiger partial charge in [-0.15, -0.1) is 0 Å². The molecule has 0 atom stereocenters. The maximum absolute atomic E-state index is 12.5. The molecule has 2 aliphatic rings. The molecule has 4 rings (SSSR count). The molecular formula is C24H27NO6. The van der Waals surface area contributed by atoms with E-state index in [1.54, 1.807) is 14.2 Å². The van der Waals surface area contributed by atoms with Gasteiger partial charge in [0, 0.05) is 17.7 Å². The topological polar surface area (TPSA) is 83.1 Å². The van der Waals surface area contributed by atoms with Crippen molar-refractivity contribution in [2.45, 2.75) is 32.7 Å². The number of hydrogen-bond acceptors (Lipinski definition) is 6. The summed E-state index contributed by atoms with van der Waals surface area (Å²) in [4.78, 5) is 24.4. The van der Waals surface area contributed by atoms with Crippen LogP contribution < -0.4 is 19.5 Å². The number of esters is 1. The van der Waals surface area contributed by atoms with E-state index in [0.29, 0.717) is 36.0 Å². The van der Waals surface area contributed by atoms with Crippen LogP contribution in [0.1, 0.15) is 42.1 Å². The van der Waals surface area contributed by atoms with Crippen LogP contribution >= 0.6 is 0 Å². The minimum Gasteiger partial charge on any atom is -0.493 e. The number of nitrogens with one attached hydrogen (secondary N) is 1. The van der Waals surface area contributed by atoms with E-state index in [-0.39, 0.29) is 18.5 Å². The molecule has 2 aromatic rings. The maximum Gasteiger partial charge on any atom is 0.315 e. The predicted molar refractivity (Wildman–Crippen MR) is 115 cm³/mol. The first kappa shape index (κ1) is 21.0. The van der Waals surface area contributed by atoms with Gasteiger partial charge in [0.05, 0.1) is 20.8 Å². The van der Waals surface area contributed by atoms with Gasteiger partial charge in [-0.1, -0.05) is 13.0 Å². The largest absolute Gasteiger partial charge is 0.493 e. The lowest BCUT2D eigenvalue weighted by atomic mass is 9.99. The predicted octanol–water partition coefficient (Wildman–Crippen LogP) is 3.73. The van der Waals surface area contributed by atoms with Gasteiger partial charge in [0.25, 0.3) is 5.91 Å². The summed E-state index contributed by atoms with van der Waals surface area (Å²) in [5.74, 6) is 1.24. The van der Waals surface area contributed by atoms with E-state index in [9.17, 15) is 9.59 Å². The Morgan fingerprint density at radius 3 is 2.52 bits per heavy atom. The quantitative estimate of drug-likeness (QED) is 0.617. The van der Waals surface area contributed by atoms with E-state index >= 15 is 0 Å². The molecule has 1 heterocycles. The Kier molecular flexibility index (Phi) is 5.76. The summed E-state index contributed by atoms with van der Waals surface area (Å²) in [6, 6.07) is 9.40. The third-order valence-corrected chi connectivity index (χ3v) is 5.82. The molecule has 1 N–H and O–H groups in total. The normalized spacial score (nSPS) is 15.6. The van der Waals surface area contributed by atoms with Gasteiger partial charge in [0.2, 0.25) is 5.75 Å². The molecule has 0 saturated heterocycles. The van der Waals surface area contributed by atoms with Crippen LogP contribution in [0.15, 0.2) is 30.3 Å². The van der Waals surface area contributed by atoms with Gasteiger partial charge in [-0.05, 0) is 54.7 Å². The molecule has 0 unspecified atom stereocenters. The van der Waals surface area contributed by atoms with Crippen LogP contribution in [0.5, 0.6) is 17.2 Å². The SMILES string of the molecule is CCCOC(=O)C1(COc2c(-c3ccc4c(c3)CNC4=O)ccc(OC)c2OC)CC1. The van der Waals surface area contributed by atoms with Crippen molar-refractivity contribution in [3.05, 3.63) is 41.5 Å². The summed E-state index contributed by atoms with van der Waals surface area (Å²) in [5.41, 5.74) is 2.71. The highest BCUT2D eigenvalue weighted by molar-refractivity contribution is 5.99. The minimum atomic E-state index is -0.602. The maximum atomic E-state index is 12.5. The third-order valence-electron chi connectivity index (χ3n) is 5.82. The van der Waals surface area contributed by atoms with Crippen molar-refractivity contribution in [1.82, 2.24) is 5.32 Å². The molecule has 1 saturated carbocycles. The second-order valence-corrected chi connectivity index (χ2v) is 7.94. The summed E-state index contributed by atoms with van der Waals surface area (Å²) < 4.78 is 22.7. The van der Waals surface area contributed by atoms with Crippen molar-refractivity contribution >= 4 is 11.9 Å². The van der Waals surface area contributed by atoms with Crippen LogP contribution in [0.2, 0.25) is 0 Å². The summed E-state index contributed by atoms with van der Waals surface area (Å²) in [6.45, 7) is 3.08. The van der Waals surface area contributed by atoms with E-state index in [2.05, 4.69) is 5.32 Å². The summed E-state index contributed by atoms with van der Waals surface area (Å²) in [6.07, 6.45) is 2.26. The number of fused-ring (bicyclic) bond motifs is 1. The Hall–Kier alpha value is -3.22. The summed E-state index contributed by atoms with van der Waals surface area (Å²) in [5, 5.41) is 2.84. The molecule has 1 aliphatic heterocycles. The van der Waals surface area contributed by atoms with Gasteiger partial charge >= 0.3 is 5.97 Å². The van der Waals surface area contributed by atoms with Crippen LogP contribution in [0.25, 0.3) is 11.1 Å². The lowest BCUT2D eigenvalue weighted by Crippen LogP contribution is -2.26. The fourth-order valence-electron chi connectivity index (χ4n) is 3.79. The Labute approximate surface area is 181 Å². The van der Waals surface area contributed by atoms with E-state index in [0.717, 1.165) is 36.0 Å². The number of rotatable bonds is 9. The fraction of sp³-hybridized carbons (Fsp3) is 0.417. The minimum absolute atomic E-state index is 0.0633. The first-order chi connectivity index (χ1) is 15.0. The molecule has 2 aromatic carbocycles. The standard InChI is InChI=1S/C24H27NO6/c1-4-11-30-23(27)24(9-10-24)14-31-20-17(7-8-19(28-2)21(20)29-3)15-5-6-18-16(12-15)13-25-22(18)26/h5-8,12H,4,9-11,13-14H2,1-3H3,(H,25,26). The zero-order chi connectivity index (χ0) is 22.0. The van der Waals surface area contributed by atoms with Crippen molar-refractivity contribution < 1.29 is 28.5 Å². The lowest BCUT2D eigenvalue weighted by Gasteiger charge is -2.21. The number of carbonyl (C=O) groups is 2. The van der Waals surface area contributed by atoms with Crippen LogP contribution in [0.4, 0.5) is 0 Å². The van der Waals surface area contributed by atoms with Crippen LogP contribution in [-0.4, -0.2) is 39.3 Å². The molecule has 7 heteroatoms. The number of amides is 1. The Balaban J connectivity index is 1.67. The molecule has 31 heavy (non-hydrogen) atoms. The highest BCUT2D eigenvalue weighted by atomic mass is 16.5. The number of hydrogen-bond donors (Lipinski definition) is 1. The van der Waals surface area contributed by atoms with Gasteiger partial charge < -0.3 is 24.3 Å². The smallest absolute Gasteiger partial charge is 0.315 e. The highest BCUT2D eigenvalue weighted by Gasteiger charge is 2.52. The summed E-state index contributed by atoms with van der Waals surface area (Å²) in [7, 11) is 3.13. The Morgan fingerprint density at radius 1 is 1.06 bits per heavy atom. The van der Waals surface area contributed by atoms with Gasteiger partial charge in [-0.25, -0.2) is 0 Å². The van der Waals surface area contributed by atoms with Crippen molar-refractivity contribution in [2.24, 2.45) is 5.41 Å². The van der Waals surface area contributed by atoms with E-state index < -0.39 is 5.41 Å². The van der Waals surface area contributed by atoms with E-state index in [4.69, 9.17) is 18.9 Å². The van der Waals surface area contributed by atoms with E-state index in [1.807, 2.05) is 37.3 Å².